The number of nitrogens with one attached hydrogen (secondary N) is 1. The second-order valence-corrected chi connectivity index (χ2v) is 5.87. The van der Waals surface area contributed by atoms with E-state index in [1.807, 2.05) is 23.6 Å². The van der Waals surface area contributed by atoms with Crippen molar-refractivity contribution >= 4 is 28.9 Å². The first-order chi connectivity index (χ1) is 11.2. The van der Waals surface area contributed by atoms with Crippen molar-refractivity contribution in [2.75, 3.05) is 19.0 Å². The van der Waals surface area contributed by atoms with Gasteiger partial charge in [0, 0.05) is 11.3 Å². The molecule has 1 aromatic carbocycles. The third kappa shape index (κ3) is 5.75. The van der Waals surface area contributed by atoms with Crippen LogP contribution in [0.25, 0.3) is 0 Å². The van der Waals surface area contributed by atoms with Gasteiger partial charge in [-0.1, -0.05) is 18.2 Å². The van der Waals surface area contributed by atoms with Crippen LogP contribution in [0.4, 0.5) is 5.69 Å². The number of para-hydroxylation sites is 2. The van der Waals surface area contributed by atoms with Crippen molar-refractivity contribution in [3.8, 4) is 5.75 Å². The van der Waals surface area contributed by atoms with Gasteiger partial charge >= 0.3 is 5.97 Å². The minimum absolute atomic E-state index is 0.296. The van der Waals surface area contributed by atoms with Crippen LogP contribution >= 0.6 is 11.3 Å². The summed E-state index contributed by atoms with van der Waals surface area (Å²) >= 11 is 1.67. The SMILES string of the molecule is COc1ccccc1NC(=O)COC(=O)CCCc1cccs1. The average molecular weight is 333 g/mol. The lowest BCUT2D eigenvalue weighted by Gasteiger charge is -2.10. The Morgan fingerprint density at radius 3 is 2.74 bits per heavy atom. The van der Waals surface area contributed by atoms with E-state index in [2.05, 4.69) is 5.32 Å². The Bertz CT molecular complexity index is 640. The van der Waals surface area contributed by atoms with Crippen molar-refractivity contribution in [2.45, 2.75) is 19.3 Å². The molecule has 0 unspecified atom stereocenters. The summed E-state index contributed by atoms with van der Waals surface area (Å²) in [5, 5.41) is 4.67. The van der Waals surface area contributed by atoms with Gasteiger partial charge < -0.3 is 14.8 Å². The fraction of sp³-hybridized carbons (Fsp3) is 0.294. The summed E-state index contributed by atoms with van der Waals surface area (Å²) in [4.78, 5) is 24.7. The van der Waals surface area contributed by atoms with Crippen LogP contribution in [0.3, 0.4) is 0 Å². The molecule has 5 nitrogen and oxygen atoms in total. The molecular formula is C17H19NO4S. The topological polar surface area (TPSA) is 64.6 Å². The van der Waals surface area contributed by atoms with E-state index in [0.29, 0.717) is 24.3 Å². The number of esters is 1. The Balaban J connectivity index is 1.68. The molecule has 1 N–H and O–H groups in total. The second kappa shape index (κ2) is 8.95. The van der Waals surface area contributed by atoms with Gasteiger partial charge in [-0.3, -0.25) is 9.59 Å². The highest BCUT2D eigenvalue weighted by Gasteiger charge is 2.10. The van der Waals surface area contributed by atoms with Crippen LogP contribution in [0, 0.1) is 0 Å². The number of carbonyl (C=O) groups is 2. The smallest absolute Gasteiger partial charge is 0.306 e. The van der Waals surface area contributed by atoms with Crippen molar-refractivity contribution < 1.29 is 19.1 Å². The van der Waals surface area contributed by atoms with E-state index in [0.717, 1.165) is 6.42 Å². The zero-order valence-corrected chi connectivity index (χ0v) is 13.7. The number of carbonyl (C=O) groups excluding carboxylic acids is 2. The van der Waals surface area contributed by atoms with E-state index in [1.54, 1.807) is 29.5 Å². The monoisotopic (exact) mass is 333 g/mol. The molecule has 2 aromatic rings. The lowest BCUT2D eigenvalue weighted by Crippen LogP contribution is -2.21. The number of rotatable bonds is 8. The lowest BCUT2D eigenvalue weighted by atomic mass is 10.2. The lowest BCUT2D eigenvalue weighted by molar-refractivity contribution is -0.147. The Hall–Kier alpha value is -2.34. The zero-order valence-electron chi connectivity index (χ0n) is 12.9. The standard InChI is InChI=1S/C17H19NO4S/c1-21-15-9-3-2-8-14(15)18-16(19)12-22-17(20)10-4-6-13-7-5-11-23-13/h2-3,5,7-9,11H,4,6,10,12H2,1H3,(H,18,19). The molecule has 0 radical (unpaired) electrons. The highest BCUT2D eigenvalue weighted by atomic mass is 32.1. The van der Waals surface area contributed by atoms with Crippen LogP contribution < -0.4 is 10.1 Å². The van der Waals surface area contributed by atoms with Crippen molar-refractivity contribution in [3.63, 3.8) is 0 Å². The molecule has 0 saturated heterocycles. The van der Waals surface area contributed by atoms with Crippen molar-refractivity contribution in [1.82, 2.24) is 0 Å². The maximum absolute atomic E-state index is 11.8. The number of anilines is 1. The Morgan fingerprint density at radius 1 is 1.17 bits per heavy atom. The number of amides is 1. The largest absolute Gasteiger partial charge is 0.495 e. The molecule has 0 fully saturated rings. The second-order valence-electron chi connectivity index (χ2n) is 4.84. The van der Waals surface area contributed by atoms with Gasteiger partial charge in [0.25, 0.3) is 5.91 Å². The molecule has 0 aliphatic rings. The molecule has 0 atom stereocenters. The first-order valence-corrected chi connectivity index (χ1v) is 8.18. The Morgan fingerprint density at radius 2 is 2.00 bits per heavy atom. The summed E-state index contributed by atoms with van der Waals surface area (Å²) in [6, 6.07) is 11.1. The van der Waals surface area contributed by atoms with Crippen molar-refractivity contribution in [1.29, 1.82) is 0 Å². The summed E-state index contributed by atoms with van der Waals surface area (Å²) < 4.78 is 10.1. The number of benzene rings is 1. The van der Waals surface area contributed by atoms with Crippen LogP contribution in [0.1, 0.15) is 17.7 Å². The van der Waals surface area contributed by atoms with Gasteiger partial charge in [0.2, 0.25) is 0 Å². The van der Waals surface area contributed by atoms with Crippen LogP contribution in [0.5, 0.6) is 5.75 Å². The molecule has 1 aromatic heterocycles. The maximum Gasteiger partial charge on any atom is 0.306 e. The number of aryl methyl sites for hydroxylation is 1. The molecule has 1 heterocycles. The van der Waals surface area contributed by atoms with E-state index < -0.39 is 0 Å². The molecule has 0 bridgehead atoms. The number of methoxy groups -OCH3 is 1. The molecule has 0 aliphatic heterocycles. The Kier molecular flexibility index (Phi) is 6.62. The predicted octanol–water partition coefficient (Wildman–Crippen LogP) is 3.26. The zero-order chi connectivity index (χ0) is 16.5. The minimum Gasteiger partial charge on any atom is -0.495 e. The van der Waals surface area contributed by atoms with Crippen molar-refractivity contribution in [3.05, 3.63) is 46.7 Å². The quantitative estimate of drug-likeness (QED) is 0.753. The summed E-state index contributed by atoms with van der Waals surface area (Å²) in [5.41, 5.74) is 0.550. The summed E-state index contributed by atoms with van der Waals surface area (Å²) in [5.74, 6) is -0.194. The Labute approximate surface area is 139 Å². The number of hydrogen-bond donors (Lipinski definition) is 1. The van der Waals surface area contributed by atoms with Gasteiger partial charge in [-0.2, -0.15) is 0 Å². The van der Waals surface area contributed by atoms with E-state index in [4.69, 9.17) is 9.47 Å². The van der Waals surface area contributed by atoms with E-state index in [-0.39, 0.29) is 18.5 Å². The van der Waals surface area contributed by atoms with Gasteiger partial charge in [0.1, 0.15) is 5.75 Å². The molecular weight excluding hydrogens is 314 g/mol. The molecule has 0 aliphatic carbocycles. The third-order valence-electron chi connectivity index (χ3n) is 3.13. The summed E-state index contributed by atoms with van der Waals surface area (Å²) in [6.45, 7) is -0.296. The highest BCUT2D eigenvalue weighted by molar-refractivity contribution is 7.09. The van der Waals surface area contributed by atoms with Gasteiger partial charge in [-0.15, -0.1) is 11.3 Å². The molecule has 0 spiro atoms. The molecule has 122 valence electrons. The summed E-state index contributed by atoms with van der Waals surface area (Å²) in [7, 11) is 1.53. The normalized spacial score (nSPS) is 10.1. The van der Waals surface area contributed by atoms with Gasteiger partial charge in [0.15, 0.2) is 6.61 Å². The van der Waals surface area contributed by atoms with E-state index >= 15 is 0 Å². The van der Waals surface area contributed by atoms with Crippen LogP contribution in [-0.2, 0) is 20.7 Å². The number of thiophene rings is 1. The van der Waals surface area contributed by atoms with E-state index in [9.17, 15) is 9.59 Å². The molecule has 0 saturated carbocycles. The summed E-state index contributed by atoms with van der Waals surface area (Å²) in [6.07, 6.45) is 1.87. The fourth-order valence-corrected chi connectivity index (χ4v) is 2.77. The molecule has 23 heavy (non-hydrogen) atoms. The van der Waals surface area contributed by atoms with Crippen LogP contribution in [-0.4, -0.2) is 25.6 Å². The number of hydrogen-bond acceptors (Lipinski definition) is 5. The van der Waals surface area contributed by atoms with Gasteiger partial charge in [0.05, 0.1) is 12.8 Å². The predicted molar refractivity (Wildman–Crippen MR) is 89.8 cm³/mol. The third-order valence-corrected chi connectivity index (χ3v) is 4.07. The minimum atomic E-state index is -0.388. The molecule has 6 heteroatoms. The van der Waals surface area contributed by atoms with Gasteiger partial charge in [-0.05, 0) is 36.4 Å². The van der Waals surface area contributed by atoms with Gasteiger partial charge in [-0.25, -0.2) is 0 Å². The first kappa shape index (κ1) is 17.0. The van der Waals surface area contributed by atoms with Crippen LogP contribution in [0.15, 0.2) is 41.8 Å². The maximum atomic E-state index is 11.8. The van der Waals surface area contributed by atoms with Crippen LogP contribution in [0.2, 0.25) is 0 Å². The fourth-order valence-electron chi connectivity index (χ4n) is 2.01. The molecule has 2 rings (SSSR count). The number of ether oxygens (including phenoxy) is 2. The molecule has 1 amide bonds. The average Bonchev–Trinajstić information content (AvgIpc) is 3.07. The van der Waals surface area contributed by atoms with E-state index in [1.165, 1.54) is 12.0 Å². The van der Waals surface area contributed by atoms with Crippen molar-refractivity contribution in [2.24, 2.45) is 0 Å². The first-order valence-electron chi connectivity index (χ1n) is 7.30. The highest BCUT2D eigenvalue weighted by Crippen LogP contribution is 2.22.